The van der Waals surface area contributed by atoms with E-state index >= 15 is 0 Å². The van der Waals surface area contributed by atoms with Gasteiger partial charge in [0.15, 0.2) is 0 Å². The average molecular weight is 569 g/mol. The number of aryl methyl sites for hydroxylation is 1. The lowest BCUT2D eigenvalue weighted by molar-refractivity contribution is -0.141. The normalized spacial score (nSPS) is 17.4. The first-order chi connectivity index (χ1) is 19.1. The molecule has 2 saturated heterocycles. The van der Waals surface area contributed by atoms with Gasteiger partial charge < -0.3 is 19.4 Å². The lowest BCUT2D eigenvalue weighted by atomic mass is 9.90. The summed E-state index contributed by atoms with van der Waals surface area (Å²) in [7, 11) is -2.21. The molecular formula is C27H32N6O6S. The van der Waals surface area contributed by atoms with Crippen LogP contribution in [-0.2, 0) is 21.4 Å². The second kappa shape index (κ2) is 11.0. The van der Waals surface area contributed by atoms with E-state index < -0.39 is 21.5 Å². The molecule has 3 aromatic rings. The van der Waals surface area contributed by atoms with Gasteiger partial charge in [0.1, 0.15) is 17.9 Å². The highest BCUT2D eigenvalue weighted by Gasteiger charge is 2.54. The van der Waals surface area contributed by atoms with Gasteiger partial charge in [0.2, 0.25) is 10.0 Å². The molecule has 0 radical (unpaired) electrons. The van der Waals surface area contributed by atoms with Crippen LogP contribution in [0.15, 0.2) is 59.5 Å². The molecule has 1 aromatic heterocycles. The first-order valence-electron chi connectivity index (χ1n) is 12.9. The molecule has 2 aliphatic rings. The van der Waals surface area contributed by atoms with E-state index in [0.717, 1.165) is 35.2 Å². The highest BCUT2D eigenvalue weighted by molar-refractivity contribution is 7.89. The number of nitrogens with zero attached hydrogens (tertiary/aromatic N) is 4. The van der Waals surface area contributed by atoms with Crippen molar-refractivity contribution in [2.75, 3.05) is 46.3 Å². The Morgan fingerprint density at radius 2 is 1.70 bits per heavy atom. The van der Waals surface area contributed by atoms with Gasteiger partial charge in [0.05, 0.1) is 23.5 Å². The minimum Gasteiger partial charge on any atom is -0.489 e. The van der Waals surface area contributed by atoms with Gasteiger partial charge in [0.25, 0.3) is 5.91 Å². The summed E-state index contributed by atoms with van der Waals surface area (Å²) >= 11 is 0. The van der Waals surface area contributed by atoms with Crippen molar-refractivity contribution in [3.63, 3.8) is 0 Å². The molecule has 0 spiro atoms. The first kappa shape index (κ1) is 27.8. The van der Waals surface area contributed by atoms with Gasteiger partial charge in [-0.05, 0) is 50.4 Å². The molecule has 13 heteroatoms. The van der Waals surface area contributed by atoms with Crippen molar-refractivity contribution in [2.45, 2.75) is 24.0 Å². The molecule has 3 amide bonds. The van der Waals surface area contributed by atoms with Crippen molar-refractivity contribution >= 4 is 32.9 Å². The number of carbonyl (C=O) groups is 2. The van der Waals surface area contributed by atoms with Crippen molar-refractivity contribution in [1.29, 1.82) is 0 Å². The van der Waals surface area contributed by atoms with Gasteiger partial charge in [-0.15, -0.1) is 0 Å². The highest BCUT2D eigenvalue weighted by Crippen LogP contribution is 2.27. The van der Waals surface area contributed by atoms with Crippen LogP contribution in [0.2, 0.25) is 0 Å². The first-order valence-corrected chi connectivity index (χ1v) is 14.4. The number of pyridine rings is 1. The van der Waals surface area contributed by atoms with Crippen LogP contribution in [0.25, 0.3) is 10.9 Å². The second-order valence-corrected chi connectivity index (χ2v) is 11.9. The number of likely N-dealkylation sites (N-methyl/N-ethyl adjacent to an activating group) is 1. The molecule has 2 fully saturated rings. The number of aromatic nitrogens is 1. The summed E-state index contributed by atoms with van der Waals surface area (Å²) in [6.07, 6.45) is 0. The van der Waals surface area contributed by atoms with E-state index in [1.165, 1.54) is 34.6 Å². The van der Waals surface area contributed by atoms with Crippen LogP contribution >= 0.6 is 0 Å². The van der Waals surface area contributed by atoms with E-state index in [-0.39, 0.29) is 30.6 Å². The number of nitrogens with one attached hydrogen (secondary N) is 2. The number of piperazine rings is 1. The Labute approximate surface area is 232 Å². The summed E-state index contributed by atoms with van der Waals surface area (Å²) in [4.78, 5) is 35.0. The molecule has 5 rings (SSSR count). The van der Waals surface area contributed by atoms with Gasteiger partial charge in [-0.1, -0.05) is 18.2 Å². The third kappa shape index (κ3) is 5.59. The molecule has 0 saturated carbocycles. The smallest absolute Gasteiger partial charge is 0.320 e. The monoisotopic (exact) mass is 568 g/mol. The summed E-state index contributed by atoms with van der Waals surface area (Å²) in [5, 5.41) is 10.3. The van der Waals surface area contributed by atoms with Crippen LogP contribution in [0.3, 0.4) is 0 Å². The summed E-state index contributed by atoms with van der Waals surface area (Å²) < 4.78 is 34.7. The number of amides is 3. The predicted octanol–water partition coefficient (Wildman–Crippen LogP) is 1.33. The molecule has 0 aliphatic carbocycles. The number of fused-ring (bicyclic) bond motifs is 1. The van der Waals surface area contributed by atoms with Gasteiger partial charge in [0, 0.05) is 42.8 Å². The number of benzene rings is 2. The van der Waals surface area contributed by atoms with Gasteiger partial charge in [-0.3, -0.25) is 15.0 Å². The molecular weight excluding hydrogens is 536 g/mol. The maximum Gasteiger partial charge on any atom is 0.320 e. The number of hydroxylamine groups is 1. The van der Waals surface area contributed by atoms with Crippen molar-refractivity contribution in [3.8, 4) is 5.75 Å². The molecule has 0 unspecified atom stereocenters. The highest BCUT2D eigenvalue weighted by atomic mass is 32.2. The molecule has 40 heavy (non-hydrogen) atoms. The number of hydrogen-bond donors (Lipinski definition) is 3. The molecule has 3 heterocycles. The largest absolute Gasteiger partial charge is 0.489 e. The van der Waals surface area contributed by atoms with Gasteiger partial charge in [-0.2, -0.15) is 4.72 Å². The number of para-hydroxylation sites is 1. The number of likely N-dealkylation sites (tertiary alicyclic amines) is 1. The number of hydrogen-bond acceptors (Lipinski definition) is 8. The van der Waals surface area contributed by atoms with Crippen LogP contribution in [0.5, 0.6) is 5.75 Å². The second-order valence-electron chi connectivity index (χ2n) is 10.3. The quantitative estimate of drug-likeness (QED) is 0.286. The summed E-state index contributed by atoms with van der Waals surface area (Å²) in [6.45, 7) is 4.32. The lowest BCUT2D eigenvalue weighted by Gasteiger charge is -2.49. The third-order valence-corrected chi connectivity index (χ3v) is 8.84. The van der Waals surface area contributed by atoms with E-state index in [4.69, 9.17) is 4.74 Å². The zero-order valence-corrected chi connectivity index (χ0v) is 23.1. The number of sulfonamides is 1. The zero-order valence-electron chi connectivity index (χ0n) is 22.3. The SMILES string of the molecule is Cc1cc(COc2ccc(S(=O)(=O)NC3(C(=O)NO)CN(C(=O)N4CCN(C)CC4)C3)cc2)c2ccccc2n1. The number of rotatable bonds is 7. The average Bonchev–Trinajstić information content (AvgIpc) is 2.93. The zero-order chi connectivity index (χ0) is 28.5. The predicted molar refractivity (Wildman–Crippen MR) is 146 cm³/mol. The van der Waals surface area contributed by atoms with Crippen LogP contribution in [-0.4, -0.2) is 97.1 Å². The van der Waals surface area contributed by atoms with Gasteiger partial charge in [-0.25, -0.2) is 18.7 Å². The Balaban J connectivity index is 1.25. The Morgan fingerprint density at radius 3 is 2.38 bits per heavy atom. The molecule has 212 valence electrons. The molecule has 2 aromatic carbocycles. The fourth-order valence-electron chi connectivity index (χ4n) is 5.01. The lowest BCUT2D eigenvalue weighted by Crippen LogP contribution is -2.77. The van der Waals surface area contributed by atoms with Crippen molar-refractivity contribution in [1.82, 2.24) is 29.9 Å². The van der Waals surface area contributed by atoms with Crippen LogP contribution in [0, 0.1) is 6.92 Å². The number of urea groups is 1. The Hall–Kier alpha value is -3.78. The van der Waals surface area contributed by atoms with Crippen LogP contribution in [0.1, 0.15) is 11.3 Å². The maximum atomic E-state index is 13.2. The van der Waals surface area contributed by atoms with Gasteiger partial charge >= 0.3 is 6.03 Å². The van der Waals surface area contributed by atoms with Crippen molar-refractivity contribution < 1.29 is 28.0 Å². The van der Waals surface area contributed by atoms with Crippen LogP contribution < -0.4 is 14.9 Å². The summed E-state index contributed by atoms with van der Waals surface area (Å²) in [6, 6.07) is 15.3. The Kier molecular flexibility index (Phi) is 7.64. The molecule has 3 N–H and O–H groups in total. The number of carbonyl (C=O) groups excluding carboxylic acids is 2. The minimum absolute atomic E-state index is 0.0842. The Bertz CT molecular complexity index is 1520. The van der Waals surface area contributed by atoms with E-state index in [2.05, 4.69) is 14.6 Å². The maximum absolute atomic E-state index is 13.2. The fraction of sp³-hybridized carbons (Fsp3) is 0.370. The summed E-state index contributed by atoms with van der Waals surface area (Å²) in [5.41, 5.74) is 2.54. The molecule has 2 aliphatic heterocycles. The molecule has 0 bridgehead atoms. The number of ether oxygens (including phenoxy) is 1. The molecule has 12 nitrogen and oxygen atoms in total. The van der Waals surface area contributed by atoms with E-state index in [9.17, 15) is 23.2 Å². The van der Waals surface area contributed by atoms with Crippen molar-refractivity contribution in [2.24, 2.45) is 0 Å². The van der Waals surface area contributed by atoms with Crippen molar-refractivity contribution in [3.05, 3.63) is 65.9 Å². The fourth-order valence-corrected chi connectivity index (χ4v) is 6.35. The Morgan fingerprint density at radius 1 is 1.02 bits per heavy atom. The van der Waals surface area contributed by atoms with Crippen LogP contribution in [0.4, 0.5) is 4.79 Å². The minimum atomic E-state index is -4.18. The molecule has 0 atom stereocenters. The van der Waals surface area contributed by atoms with E-state index in [1.807, 2.05) is 44.3 Å². The van der Waals surface area contributed by atoms with E-state index in [0.29, 0.717) is 18.8 Å². The summed E-state index contributed by atoms with van der Waals surface area (Å²) in [5.74, 6) is -0.466. The standard InChI is InChI=1S/C27H32N6O6S/c1-19-15-20(23-5-3-4-6-24(23)28-19)16-39-21-7-9-22(10-8-21)40(37,38)30-27(25(34)29-36)17-33(18-27)26(35)32-13-11-31(2)12-14-32/h3-10,15,30,36H,11-14,16-18H2,1-2H3,(H,29,34). The van der Waals surface area contributed by atoms with E-state index in [1.54, 1.807) is 4.90 Å². The topological polar surface area (TPSA) is 144 Å². The third-order valence-electron chi connectivity index (χ3n) is 7.29.